The van der Waals surface area contributed by atoms with Gasteiger partial charge in [0, 0.05) is 17.5 Å². The van der Waals surface area contributed by atoms with E-state index >= 15 is 0 Å². The summed E-state index contributed by atoms with van der Waals surface area (Å²) in [6, 6.07) is 16.4. The molecule has 0 saturated heterocycles. The van der Waals surface area contributed by atoms with E-state index in [2.05, 4.69) is 54.7 Å². The molecule has 0 aliphatic heterocycles. The first-order valence-electron chi connectivity index (χ1n) is 17.7. The van der Waals surface area contributed by atoms with Crippen LogP contribution in [-0.4, -0.2) is 28.5 Å². The standard InChI is InChI=1S/C21H27NO2.C20H25NO3/c1-4-7-17-9-6-11-19(13-17)23-14-20-16(3)24-21(22-20)18-10-5-8-15(2)12-18;1-14-5-3-7-17(11-14)20-21-19(15(2)24-20)13-23-18-8-4-6-16(12-18)9-10-22/h4-5,8,10,12,17,19H,1,6-7,9,11,13-14H2,2-3H3;3,5,7,10-11,16,18H,4,6,8-9,12-13H2,1-2H3. The topological polar surface area (TPSA) is 87.6 Å². The van der Waals surface area contributed by atoms with Crippen molar-refractivity contribution in [1.29, 1.82) is 0 Å². The smallest absolute Gasteiger partial charge is 0.226 e. The molecule has 2 fully saturated rings. The Morgan fingerprint density at radius 3 is 1.65 bits per heavy atom. The third kappa shape index (κ3) is 10.1. The molecule has 2 saturated carbocycles. The number of allylic oxidation sites excluding steroid dienone is 1. The van der Waals surface area contributed by atoms with Gasteiger partial charge in [-0.25, -0.2) is 9.97 Å². The first-order valence-corrected chi connectivity index (χ1v) is 17.7. The molecular formula is C41H52N2O5. The van der Waals surface area contributed by atoms with Crippen LogP contribution in [0.25, 0.3) is 22.9 Å². The summed E-state index contributed by atoms with van der Waals surface area (Å²) >= 11 is 0. The second-order valence-corrected chi connectivity index (χ2v) is 13.6. The van der Waals surface area contributed by atoms with Crippen LogP contribution < -0.4 is 0 Å². The van der Waals surface area contributed by atoms with E-state index in [0.29, 0.717) is 43.4 Å². The first kappa shape index (κ1) is 35.5. The van der Waals surface area contributed by atoms with Gasteiger partial charge in [0.05, 0.1) is 25.4 Å². The third-order valence-corrected chi connectivity index (χ3v) is 9.63. The van der Waals surface area contributed by atoms with Crippen LogP contribution in [0.15, 0.2) is 70.0 Å². The van der Waals surface area contributed by atoms with Crippen molar-refractivity contribution in [2.75, 3.05) is 0 Å². The van der Waals surface area contributed by atoms with Crippen molar-refractivity contribution in [1.82, 2.24) is 9.97 Å². The average Bonchev–Trinajstić information content (AvgIpc) is 3.65. The second-order valence-electron chi connectivity index (χ2n) is 13.6. The Kier molecular flexibility index (Phi) is 13.0. The van der Waals surface area contributed by atoms with Gasteiger partial charge in [0.1, 0.15) is 29.2 Å². The highest BCUT2D eigenvalue weighted by atomic mass is 16.5. The van der Waals surface area contributed by atoms with E-state index in [1.807, 2.05) is 44.2 Å². The van der Waals surface area contributed by atoms with E-state index in [-0.39, 0.29) is 6.10 Å². The summed E-state index contributed by atoms with van der Waals surface area (Å²) in [6.45, 7) is 12.9. The fourth-order valence-electron chi connectivity index (χ4n) is 6.91. The van der Waals surface area contributed by atoms with Crippen molar-refractivity contribution in [2.45, 2.75) is 117 Å². The fraction of sp³-hybridized carbons (Fsp3) is 0.488. The minimum atomic E-state index is 0.224. The fourth-order valence-corrected chi connectivity index (χ4v) is 6.91. The lowest BCUT2D eigenvalue weighted by Gasteiger charge is -2.28. The quantitative estimate of drug-likeness (QED) is 0.111. The minimum absolute atomic E-state index is 0.224. The third-order valence-electron chi connectivity index (χ3n) is 9.63. The Balaban J connectivity index is 0.000000188. The SMILES string of the molecule is C=CCC1CCCC(OCc2nc(-c3cccc(C)c3)oc2C)C1.Cc1cccc(-c2nc(COC3CCCC(CC=O)C3)c(C)o2)c1. The van der Waals surface area contributed by atoms with Crippen molar-refractivity contribution < 1.29 is 23.1 Å². The minimum Gasteiger partial charge on any atom is -0.441 e. The normalized spacial score (nSPS) is 20.9. The maximum Gasteiger partial charge on any atom is 0.226 e. The Hall–Kier alpha value is -3.81. The van der Waals surface area contributed by atoms with Crippen molar-refractivity contribution in [3.05, 3.63) is 95.2 Å². The van der Waals surface area contributed by atoms with Crippen LogP contribution in [0.5, 0.6) is 0 Å². The molecule has 2 aromatic heterocycles. The van der Waals surface area contributed by atoms with E-state index in [0.717, 1.165) is 91.2 Å². The lowest BCUT2D eigenvalue weighted by Crippen LogP contribution is -2.23. The Labute approximate surface area is 286 Å². The van der Waals surface area contributed by atoms with Crippen LogP contribution in [0, 0.1) is 39.5 Å². The maximum atomic E-state index is 10.7. The molecule has 0 N–H and O–H groups in total. The van der Waals surface area contributed by atoms with E-state index in [9.17, 15) is 4.79 Å². The number of aldehydes is 1. The van der Waals surface area contributed by atoms with Crippen LogP contribution in [-0.2, 0) is 27.5 Å². The number of hydrogen-bond acceptors (Lipinski definition) is 7. The lowest BCUT2D eigenvalue weighted by molar-refractivity contribution is -0.109. The van der Waals surface area contributed by atoms with Crippen molar-refractivity contribution in [2.24, 2.45) is 11.8 Å². The number of ether oxygens (including phenoxy) is 2. The molecule has 2 heterocycles. The molecule has 2 aromatic carbocycles. The molecule has 4 aromatic rings. The number of nitrogens with zero attached hydrogens (tertiary/aromatic N) is 2. The zero-order valence-corrected chi connectivity index (χ0v) is 29.2. The Morgan fingerprint density at radius 1 is 0.729 bits per heavy atom. The molecule has 0 bridgehead atoms. The van der Waals surface area contributed by atoms with E-state index < -0.39 is 0 Å². The van der Waals surface area contributed by atoms with Gasteiger partial charge in [-0.15, -0.1) is 6.58 Å². The van der Waals surface area contributed by atoms with Crippen LogP contribution in [0.1, 0.15) is 98.2 Å². The number of benzene rings is 2. The molecule has 48 heavy (non-hydrogen) atoms. The van der Waals surface area contributed by atoms with Gasteiger partial charge in [0.2, 0.25) is 11.8 Å². The molecule has 7 heteroatoms. The molecule has 4 unspecified atom stereocenters. The van der Waals surface area contributed by atoms with Crippen LogP contribution in [0.4, 0.5) is 0 Å². The number of oxazole rings is 2. The Bertz CT molecular complexity index is 1500. The highest BCUT2D eigenvalue weighted by Crippen LogP contribution is 2.31. The largest absolute Gasteiger partial charge is 0.441 e. The monoisotopic (exact) mass is 652 g/mol. The predicted molar refractivity (Wildman–Crippen MR) is 189 cm³/mol. The van der Waals surface area contributed by atoms with Crippen molar-refractivity contribution in [3.8, 4) is 22.9 Å². The number of carbonyl (C=O) groups excluding carboxylic acids is 1. The summed E-state index contributed by atoms with van der Waals surface area (Å²) in [4.78, 5) is 20.0. The first-order chi connectivity index (χ1) is 23.3. The molecule has 4 atom stereocenters. The number of hydrogen-bond donors (Lipinski definition) is 0. The Morgan fingerprint density at radius 2 is 1.21 bits per heavy atom. The van der Waals surface area contributed by atoms with Gasteiger partial charge >= 0.3 is 0 Å². The van der Waals surface area contributed by atoms with Gasteiger partial charge in [0.25, 0.3) is 0 Å². The molecule has 2 aliphatic carbocycles. The highest BCUT2D eigenvalue weighted by molar-refractivity contribution is 5.55. The van der Waals surface area contributed by atoms with Gasteiger partial charge < -0.3 is 23.1 Å². The summed E-state index contributed by atoms with van der Waals surface area (Å²) in [5.41, 5.74) is 6.18. The number of carbonyl (C=O) groups is 1. The molecular weight excluding hydrogens is 600 g/mol. The molecule has 0 amide bonds. The van der Waals surface area contributed by atoms with Gasteiger partial charge in [-0.3, -0.25) is 0 Å². The average molecular weight is 653 g/mol. The van der Waals surface area contributed by atoms with Gasteiger partial charge in [-0.1, -0.05) is 54.3 Å². The van der Waals surface area contributed by atoms with Crippen molar-refractivity contribution in [3.63, 3.8) is 0 Å². The summed E-state index contributed by atoms with van der Waals surface area (Å²) in [6.07, 6.45) is 14.5. The van der Waals surface area contributed by atoms with Gasteiger partial charge in [-0.2, -0.15) is 0 Å². The zero-order chi connectivity index (χ0) is 33.9. The van der Waals surface area contributed by atoms with Crippen LogP contribution in [0.3, 0.4) is 0 Å². The number of rotatable bonds is 12. The predicted octanol–water partition coefficient (Wildman–Crippen LogP) is 10.2. The molecule has 0 radical (unpaired) electrons. The zero-order valence-electron chi connectivity index (χ0n) is 29.2. The van der Waals surface area contributed by atoms with Crippen LogP contribution >= 0.6 is 0 Å². The van der Waals surface area contributed by atoms with E-state index in [4.69, 9.17) is 18.3 Å². The van der Waals surface area contributed by atoms with Crippen LogP contribution in [0.2, 0.25) is 0 Å². The number of aromatic nitrogens is 2. The maximum absolute atomic E-state index is 10.7. The van der Waals surface area contributed by atoms with Crippen molar-refractivity contribution >= 4 is 6.29 Å². The molecule has 2 aliphatic rings. The summed E-state index contributed by atoms with van der Waals surface area (Å²) in [7, 11) is 0. The molecule has 6 rings (SSSR count). The molecule has 7 nitrogen and oxygen atoms in total. The second kappa shape index (κ2) is 17.5. The summed E-state index contributed by atoms with van der Waals surface area (Å²) < 4.78 is 23.9. The van der Waals surface area contributed by atoms with Gasteiger partial charge in [-0.05, 0) is 109 Å². The lowest BCUT2D eigenvalue weighted by atomic mass is 9.85. The van der Waals surface area contributed by atoms with E-state index in [1.165, 1.54) is 24.0 Å². The molecule has 0 spiro atoms. The highest BCUT2D eigenvalue weighted by Gasteiger charge is 2.24. The summed E-state index contributed by atoms with van der Waals surface area (Å²) in [5.74, 6) is 4.20. The van der Waals surface area contributed by atoms with Gasteiger partial charge in [0.15, 0.2) is 0 Å². The molecule has 256 valence electrons. The summed E-state index contributed by atoms with van der Waals surface area (Å²) in [5, 5.41) is 0. The number of aryl methyl sites for hydroxylation is 4. The van der Waals surface area contributed by atoms with E-state index in [1.54, 1.807) is 0 Å².